The molecule has 0 spiro atoms. The van der Waals surface area contributed by atoms with Crippen LogP contribution in [0.3, 0.4) is 0 Å². The Bertz CT molecular complexity index is 474. The van der Waals surface area contributed by atoms with Crippen LogP contribution in [0.4, 0.5) is 0 Å². The van der Waals surface area contributed by atoms with Crippen LogP contribution >= 0.6 is 0 Å². The molecule has 0 aliphatic heterocycles. The summed E-state index contributed by atoms with van der Waals surface area (Å²) in [5, 5.41) is 19.0. The van der Waals surface area contributed by atoms with Crippen LogP contribution in [0.5, 0.6) is 0 Å². The first-order valence-corrected chi connectivity index (χ1v) is 6.57. The molecule has 0 N–H and O–H groups in total. The van der Waals surface area contributed by atoms with Crippen molar-refractivity contribution in [3.8, 4) is 12.1 Å². The Kier molecular flexibility index (Phi) is 4.10. The molecule has 1 rings (SSSR count). The maximum absolute atomic E-state index is 12.2. The van der Waals surface area contributed by atoms with Gasteiger partial charge in [-0.1, -0.05) is 13.8 Å². The zero-order valence-electron chi connectivity index (χ0n) is 12.1. The number of hydrogen-bond donors (Lipinski definition) is 0. The molecule has 0 bridgehead atoms. The first-order valence-electron chi connectivity index (χ1n) is 6.57. The molecule has 0 amide bonds. The highest BCUT2D eigenvalue weighted by Crippen LogP contribution is 2.80. The van der Waals surface area contributed by atoms with Crippen molar-refractivity contribution in [1.29, 1.82) is 10.5 Å². The summed E-state index contributed by atoms with van der Waals surface area (Å²) in [7, 11) is 0. The van der Waals surface area contributed by atoms with E-state index in [-0.39, 0.29) is 13.2 Å². The van der Waals surface area contributed by atoms with Crippen LogP contribution in [0, 0.1) is 38.9 Å². The second kappa shape index (κ2) is 5.13. The van der Waals surface area contributed by atoms with Crippen molar-refractivity contribution < 1.29 is 19.1 Å². The van der Waals surface area contributed by atoms with Gasteiger partial charge in [0.1, 0.15) is 0 Å². The number of nitriles is 2. The van der Waals surface area contributed by atoms with Gasteiger partial charge >= 0.3 is 11.9 Å². The molecule has 6 heteroatoms. The predicted octanol–water partition coefficient (Wildman–Crippen LogP) is 1.56. The Morgan fingerprint density at radius 3 is 1.50 bits per heavy atom. The molecule has 1 aliphatic rings. The van der Waals surface area contributed by atoms with E-state index in [9.17, 15) is 20.1 Å². The predicted molar refractivity (Wildman–Crippen MR) is 67.8 cm³/mol. The highest BCUT2D eigenvalue weighted by molar-refractivity contribution is 6.02. The summed E-state index contributed by atoms with van der Waals surface area (Å²) < 4.78 is 9.84. The lowest BCUT2D eigenvalue weighted by atomic mass is 9.93. The third-order valence-electron chi connectivity index (χ3n) is 4.36. The van der Waals surface area contributed by atoms with Gasteiger partial charge in [0.05, 0.1) is 25.4 Å². The lowest BCUT2D eigenvalue weighted by molar-refractivity contribution is -0.155. The average molecular weight is 278 g/mol. The van der Waals surface area contributed by atoms with Crippen LogP contribution in [-0.4, -0.2) is 25.2 Å². The van der Waals surface area contributed by atoms with E-state index < -0.39 is 28.2 Å². The third-order valence-corrected chi connectivity index (χ3v) is 4.36. The Hall–Kier alpha value is -2.08. The SMILES string of the molecule is CCOC(=O)[C@]1(C#N)C(C)(CC)[C@@]1(C#N)C(=O)OCC. The minimum atomic E-state index is -1.80. The lowest BCUT2D eigenvalue weighted by Crippen LogP contribution is -2.30. The summed E-state index contributed by atoms with van der Waals surface area (Å²) >= 11 is 0. The van der Waals surface area contributed by atoms with Crippen LogP contribution in [0.2, 0.25) is 0 Å². The fourth-order valence-electron chi connectivity index (χ4n) is 3.05. The summed E-state index contributed by atoms with van der Waals surface area (Å²) in [6, 6.07) is 3.72. The molecule has 1 aliphatic carbocycles. The Labute approximate surface area is 118 Å². The van der Waals surface area contributed by atoms with Crippen molar-refractivity contribution in [1.82, 2.24) is 0 Å². The minimum Gasteiger partial charge on any atom is -0.465 e. The Morgan fingerprint density at radius 1 is 0.950 bits per heavy atom. The Morgan fingerprint density at radius 2 is 1.30 bits per heavy atom. The molecule has 1 fully saturated rings. The van der Waals surface area contributed by atoms with Gasteiger partial charge in [-0.2, -0.15) is 10.5 Å². The summed E-state index contributed by atoms with van der Waals surface area (Å²) in [6.07, 6.45) is 0.311. The van der Waals surface area contributed by atoms with E-state index in [2.05, 4.69) is 0 Å². The van der Waals surface area contributed by atoms with E-state index in [4.69, 9.17) is 9.47 Å². The van der Waals surface area contributed by atoms with Gasteiger partial charge in [0.15, 0.2) is 10.8 Å². The van der Waals surface area contributed by atoms with Crippen molar-refractivity contribution >= 4 is 11.9 Å². The molecular weight excluding hydrogens is 260 g/mol. The van der Waals surface area contributed by atoms with Gasteiger partial charge in [0.2, 0.25) is 0 Å². The zero-order valence-corrected chi connectivity index (χ0v) is 12.1. The largest absolute Gasteiger partial charge is 0.465 e. The molecule has 0 aromatic carbocycles. The van der Waals surface area contributed by atoms with E-state index >= 15 is 0 Å². The molecule has 0 aromatic rings. The van der Waals surface area contributed by atoms with E-state index in [1.54, 1.807) is 27.7 Å². The van der Waals surface area contributed by atoms with Gasteiger partial charge in [-0.3, -0.25) is 9.59 Å². The normalized spacial score (nSPS) is 34.5. The number of carbonyl (C=O) groups is 2. The zero-order chi connectivity index (χ0) is 15.6. The lowest BCUT2D eigenvalue weighted by Gasteiger charge is -2.11. The van der Waals surface area contributed by atoms with Crippen molar-refractivity contribution in [2.75, 3.05) is 13.2 Å². The minimum absolute atomic E-state index is 0.0758. The van der Waals surface area contributed by atoms with Gasteiger partial charge in [-0.25, -0.2) is 0 Å². The second-order valence-corrected chi connectivity index (χ2v) is 4.85. The van der Waals surface area contributed by atoms with E-state index in [0.717, 1.165) is 0 Å². The average Bonchev–Trinajstić information content (AvgIpc) is 2.95. The molecule has 2 atom stereocenters. The summed E-state index contributed by atoms with van der Waals surface area (Å²) in [5.41, 5.74) is -4.71. The Balaban J connectivity index is 3.45. The van der Waals surface area contributed by atoms with Crippen LogP contribution in [-0.2, 0) is 19.1 Å². The van der Waals surface area contributed by atoms with Gasteiger partial charge in [0.25, 0.3) is 0 Å². The van der Waals surface area contributed by atoms with Crippen LogP contribution < -0.4 is 0 Å². The maximum atomic E-state index is 12.2. The maximum Gasteiger partial charge on any atom is 0.329 e. The smallest absolute Gasteiger partial charge is 0.329 e. The van der Waals surface area contributed by atoms with Crippen LogP contribution in [0.15, 0.2) is 0 Å². The number of carbonyl (C=O) groups excluding carboxylic acids is 2. The van der Waals surface area contributed by atoms with Gasteiger partial charge in [-0.05, 0) is 20.3 Å². The molecule has 0 heterocycles. The van der Waals surface area contributed by atoms with Crippen molar-refractivity contribution in [2.45, 2.75) is 34.1 Å². The van der Waals surface area contributed by atoms with Gasteiger partial charge in [0, 0.05) is 5.41 Å². The number of rotatable bonds is 5. The van der Waals surface area contributed by atoms with Crippen molar-refractivity contribution in [3.63, 3.8) is 0 Å². The molecule has 0 radical (unpaired) electrons. The fraction of sp³-hybridized carbons (Fsp3) is 0.714. The monoisotopic (exact) mass is 278 g/mol. The molecular formula is C14H18N2O4. The number of hydrogen-bond acceptors (Lipinski definition) is 6. The summed E-state index contributed by atoms with van der Waals surface area (Å²) in [4.78, 5) is 24.4. The van der Waals surface area contributed by atoms with E-state index in [0.29, 0.717) is 6.42 Å². The highest BCUT2D eigenvalue weighted by Gasteiger charge is 2.94. The quantitative estimate of drug-likeness (QED) is 0.707. The molecule has 6 nitrogen and oxygen atoms in total. The fourth-order valence-corrected chi connectivity index (χ4v) is 3.05. The first kappa shape index (κ1) is 16.0. The van der Waals surface area contributed by atoms with Crippen molar-refractivity contribution in [2.24, 2.45) is 16.2 Å². The first-order chi connectivity index (χ1) is 9.39. The van der Waals surface area contributed by atoms with E-state index in [1.807, 2.05) is 12.1 Å². The summed E-state index contributed by atoms with van der Waals surface area (Å²) in [5.74, 6) is -1.66. The highest BCUT2D eigenvalue weighted by atomic mass is 16.5. The molecule has 20 heavy (non-hydrogen) atoms. The topological polar surface area (TPSA) is 100 Å². The van der Waals surface area contributed by atoms with Crippen molar-refractivity contribution in [3.05, 3.63) is 0 Å². The second-order valence-electron chi connectivity index (χ2n) is 4.85. The number of nitrogens with zero attached hydrogens (tertiary/aromatic N) is 2. The van der Waals surface area contributed by atoms with E-state index in [1.165, 1.54) is 0 Å². The molecule has 0 unspecified atom stereocenters. The van der Waals surface area contributed by atoms with Crippen LogP contribution in [0.25, 0.3) is 0 Å². The molecule has 1 saturated carbocycles. The number of esters is 2. The molecule has 0 saturated heterocycles. The van der Waals surface area contributed by atoms with Gasteiger partial charge < -0.3 is 9.47 Å². The standard InChI is InChI=1S/C14H18N2O4/c1-5-12(4)13(8-15,10(17)19-6-2)14(12,9-16)11(18)20-7-3/h5-7H2,1-4H3/t13-,14-/m1/s1. The number of ether oxygens (including phenoxy) is 2. The van der Waals surface area contributed by atoms with Gasteiger partial charge in [-0.15, -0.1) is 0 Å². The van der Waals surface area contributed by atoms with Crippen LogP contribution in [0.1, 0.15) is 34.1 Å². The molecule has 108 valence electrons. The molecule has 0 aromatic heterocycles. The third kappa shape index (κ3) is 1.42. The summed E-state index contributed by atoms with van der Waals surface area (Å²) in [6.45, 7) is 6.66.